The first-order valence-corrected chi connectivity index (χ1v) is 4.60. The maximum Gasteiger partial charge on any atom is 0.123 e. The van der Waals surface area contributed by atoms with E-state index in [1.54, 1.807) is 0 Å². The molecule has 0 unspecified atom stereocenters. The van der Waals surface area contributed by atoms with Gasteiger partial charge in [-0.15, -0.1) is 0 Å². The fourth-order valence-electron chi connectivity index (χ4n) is 1.02. The highest BCUT2D eigenvalue weighted by Crippen LogP contribution is 2.25. The molecule has 14 heavy (non-hydrogen) atoms. The Balaban J connectivity index is 2.97. The van der Waals surface area contributed by atoms with Crippen molar-refractivity contribution in [2.45, 2.75) is 20.8 Å². The Hall–Kier alpha value is -1.44. The Labute approximate surface area is 84.5 Å². The molecule has 1 aromatic carbocycles. The highest BCUT2D eigenvalue weighted by atomic mass is 16.3. The lowest BCUT2D eigenvalue weighted by molar-refractivity contribution is 0.459. The Bertz CT molecular complexity index is 346. The molecule has 0 radical (unpaired) electrons. The second-order valence-corrected chi connectivity index (χ2v) is 4.44. The number of hydrogen-bond donors (Lipinski definition) is 2. The van der Waals surface area contributed by atoms with Gasteiger partial charge in [-0.05, 0) is 23.6 Å². The van der Waals surface area contributed by atoms with Gasteiger partial charge in [0.2, 0.25) is 0 Å². The topological polar surface area (TPSA) is 40.5 Å². The van der Waals surface area contributed by atoms with Crippen LogP contribution < -0.4 is 0 Å². The van der Waals surface area contributed by atoms with Crippen LogP contribution >= 0.6 is 0 Å². The minimum Gasteiger partial charge on any atom is -0.508 e. The van der Waals surface area contributed by atoms with Crippen LogP contribution in [0.5, 0.6) is 11.5 Å². The minimum absolute atomic E-state index is 0.0674. The molecular formula is C12H16O2. The van der Waals surface area contributed by atoms with Crippen LogP contribution in [0.4, 0.5) is 0 Å². The average molecular weight is 192 g/mol. The van der Waals surface area contributed by atoms with Gasteiger partial charge < -0.3 is 10.2 Å². The fraction of sp³-hybridized carbons (Fsp3) is 0.333. The van der Waals surface area contributed by atoms with Crippen LogP contribution in [-0.2, 0) is 0 Å². The molecule has 0 spiro atoms. The van der Waals surface area contributed by atoms with Crippen molar-refractivity contribution in [2.75, 3.05) is 0 Å². The minimum atomic E-state index is 0.0674. The van der Waals surface area contributed by atoms with Crippen LogP contribution in [0.2, 0.25) is 0 Å². The number of phenols is 2. The van der Waals surface area contributed by atoms with Crippen molar-refractivity contribution < 1.29 is 10.2 Å². The van der Waals surface area contributed by atoms with Crippen LogP contribution in [0.25, 0.3) is 6.08 Å². The molecule has 0 atom stereocenters. The predicted octanol–water partition coefficient (Wildman–Crippen LogP) is 3.16. The predicted molar refractivity (Wildman–Crippen MR) is 58.3 cm³/mol. The number of allylic oxidation sites excluding steroid dienone is 1. The van der Waals surface area contributed by atoms with E-state index in [9.17, 15) is 10.2 Å². The molecule has 0 aliphatic carbocycles. The summed E-state index contributed by atoms with van der Waals surface area (Å²) in [5.74, 6) is 0.347. The summed E-state index contributed by atoms with van der Waals surface area (Å²) in [4.78, 5) is 0. The van der Waals surface area contributed by atoms with E-state index < -0.39 is 0 Å². The molecule has 0 amide bonds. The summed E-state index contributed by atoms with van der Waals surface area (Å²) in [6.45, 7) is 6.22. The molecule has 2 heteroatoms. The maximum absolute atomic E-state index is 9.47. The zero-order chi connectivity index (χ0) is 10.8. The third-order valence-electron chi connectivity index (χ3n) is 1.77. The van der Waals surface area contributed by atoms with Gasteiger partial charge in [-0.25, -0.2) is 0 Å². The van der Waals surface area contributed by atoms with Gasteiger partial charge in [0.1, 0.15) is 11.5 Å². The molecular weight excluding hydrogens is 176 g/mol. The smallest absolute Gasteiger partial charge is 0.123 e. The summed E-state index contributed by atoms with van der Waals surface area (Å²) in [5.41, 5.74) is 0.706. The monoisotopic (exact) mass is 192 g/mol. The van der Waals surface area contributed by atoms with Crippen LogP contribution in [0.1, 0.15) is 26.3 Å². The summed E-state index contributed by atoms with van der Waals surface area (Å²) < 4.78 is 0. The Morgan fingerprint density at radius 3 is 2.36 bits per heavy atom. The van der Waals surface area contributed by atoms with Crippen LogP contribution in [-0.4, -0.2) is 10.2 Å². The summed E-state index contributed by atoms with van der Waals surface area (Å²) in [5, 5.41) is 18.7. The average Bonchev–Trinajstić information content (AvgIpc) is 2.05. The number of phenolic OH excluding ortho intramolecular Hbond substituents is 2. The lowest BCUT2D eigenvalue weighted by Gasteiger charge is -2.11. The molecule has 2 N–H and O–H groups in total. The standard InChI is InChI=1S/C12H16O2/c1-12(2,3)7-6-9-8-10(13)4-5-11(9)14/h4-8,13-14H,1-3H3/b7-6+. The lowest BCUT2D eigenvalue weighted by atomic mass is 9.95. The van der Waals surface area contributed by atoms with E-state index in [0.717, 1.165) is 0 Å². The molecule has 0 aromatic heterocycles. The molecule has 2 nitrogen and oxygen atoms in total. The first-order valence-electron chi connectivity index (χ1n) is 4.60. The van der Waals surface area contributed by atoms with E-state index in [1.165, 1.54) is 18.2 Å². The van der Waals surface area contributed by atoms with Crippen molar-refractivity contribution in [1.82, 2.24) is 0 Å². The van der Waals surface area contributed by atoms with Gasteiger partial charge in [0, 0.05) is 5.56 Å². The molecule has 0 saturated carbocycles. The Morgan fingerprint density at radius 2 is 1.79 bits per heavy atom. The van der Waals surface area contributed by atoms with Gasteiger partial charge in [0.25, 0.3) is 0 Å². The largest absolute Gasteiger partial charge is 0.508 e. The van der Waals surface area contributed by atoms with Crippen molar-refractivity contribution >= 4 is 6.08 Å². The molecule has 0 aliphatic heterocycles. The van der Waals surface area contributed by atoms with Gasteiger partial charge >= 0.3 is 0 Å². The molecule has 0 aliphatic rings. The third kappa shape index (κ3) is 3.13. The van der Waals surface area contributed by atoms with Gasteiger partial charge in [-0.2, -0.15) is 0 Å². The molecule has 0 bridgehead atoms. The molecule has 0 heterocycles. The van der Waals surface area contributed by atoms with Gasteiger partial charge in [-0.3, -0.25) is 0 Å². The quantitative estimate of drug-likeness (QED) is 0.671. The second-order valence-electron chi connectivity index (χ2n) is 4.44. The Kier molecular flexibility index (Phi) is 2.84. The summed E-state index contributed by atoms with van der Waals surface area (Å²) in [7, 11) is 0. The number of hydrogen-bond acceptors (Lipinski definition) is 2. The van der Waals surface area contributed by atoms with Crippen LogP contribution in [0.3, 0.4) is 0 Å². The SMILES string of the molecule is CC(C)(C)/C=C/c1cc(O)ccc1O. The zero-order valence-electron chi connectivity index (χ0n) is 8.78. The molecule has 76 valence electrons. The Morgan fingerprint density at radius 1 is 1.14 bits per heavy atom. The number of benzene rings is 1. The normalized spacial score (nSPS) is 12.2. The molecule has 1 aromatic rings. The van der Waals surface area contributed by atoms with Gasteiger partial charge in [0.05, 0.1) is 0 Å². The highest BCUT2D eigenvalue weighted by Gasteiger charge is 2.05. The van der Waals surface area contributed by atoms with Gasteiger partial charge in [0.15, 0.2) is 0 Å². The molecule has 0 saturated heterocycles. The summed E-state index contributed by atoms with van der Waals surface area (Å²) in [6.07, 6.45) is 3.80. The van der Waals surface area contributed by atoms with Crippen molar-refractivity contribution in [3.63, 3.8) is 0 Å². The van der Waals surface area contributed by atoms with E-state index >= 15 is 0 Å². The maximum atomic E-state index is 9.47. The van der Waals surface area contributed by atoms with Gasteiger partial charge in [-0.1, -0.05) is 32.9 Å². The van der Waals surface area contributed by atoms with Crippen LogP contribution in [0.15, 0.2) is 24.3 Å². The van der Waals surface area contributed by atoms with Crippen molar-refractivity contribution in [3.05, 3.63) is 29.8 Å². The number of aromatic hydroxyl groups is 2. The first-order chi connectivity index (χ1) is 6.38. The zero-order valence-corrected chi connectivity index (χ0v) is 8.78. The summed E-state index contributed by atoms with van der Waals surface area (Å²) >= 11 is 0. The fourth-order valence-corrected chi connectivity index (χ4v) is 1.02. The molecule has 0 fully saturated rings. The van der Waals surface area contributed by atoms with Crippen molar-refractivity contribution in [2.24, 2.45) is 5.41 Å². The van der Waals surface area contributed by atoms with E-state index in [4.69, 9.17) is 0 Å². The third-order valence-corrected chi connectivity index (χ3v) is 1.77. The lowest BCUT2D eigenvalue weighted by Crippen LogP contribution is -1.97. The van der Waals surface area contributed by atoms with E-state index in [1.807, 2.05) is 12.2 Å². The van der Waals surface area contributed by atoms with Crippen molar-refractivity contribution in [3.8, 4) is 11.5 Å². The van der Waals surface area contributed by atoms with E-state index in [2.05, 4.69) is 20.8 Å². The summed E-state index contributed by atoms with van der Waals surface area (Å²) in [6, 6.07) is 4.49. The van der Waals surface area contributed by atoms with E-state index in [-0.39, 0.29) is 16.9 Å². The number of rotatable bonds is 1. The molecule has 1 rings (SSSR count). The second kappa shape index (κ2) is 3.74. The van der Waals surface area contributed by atoms with Crippen LogP contribution in [0, 0.1) is 5.41 Å². The van der Waals surface area contributed by atoms with Crippen molar-refractivity contribution in [1.29, 1.82) is 0 Å². The van der Waals surface area contributed by atoms with E-state index in [0.29, 0.717) is 5.56 Å². The first kappa shape index (κ1) is 10.6. The highest BCUT2D eigenvalue weighted by molar-refractivity contribution is 5.59.